The van der Waals surface area contributed by atoms with Crippen molar-refractivity contribution in [3.8, 4) is 0 Å². The highest BCUT2D eigenvalue weighted by molar-refractivity contribution is 5.54. The monoisotopic (exact) mass is 184 g/mol. The van der Waals surface area contributed by atoms with Crippen LogP contribution in [0.1, 0.15) is 19.4 Å². The van der Waals surface area contributed by atoms with Crippen LogP contribution in [0.2, 0.25) is 0 Å². The molecule has 0 aliphatic rings. The topological polar surface area (TPSA) is 0 Å². The van der Waals surface area contributed by atoms with Crippen LogP contribution in [-0.4, -0.2) is 0 Å². The molecule has 0 saturated carbocycles. The molecule has 0 bridgehead atoms. The number of hydrogen-bond donors (Lipinski definition) is 0. The van der Waals surface area contributed by atoms with Crippen LogP contribution in [-0.2, 0) is 0 Å². The quantitative estimate of drug-likeness (QED) is 0.617. The van der Waals surface area contributed by atoms with Gasteiger partial charge in [0.25, 0.3) is 0 Å². The van der Waals surface area contributed by atoms with E-state index in [0.29, 0.717) is 0 Å². The Morgan fingerprint density at radius 1 is 1.00 bits per heavy atom. The fourth-order valence-electron chi connectivity index (χ4n) is 1.20. The second-order valence-corrected chi connectivity index (χ2v) is 3.03. The fraction of sp³-hybridized carbons (Fsp3) is 0.143. The third-order valence-corrected chi connectivity index (χ3v) is 1.96. The Kier molecular flexibility index (Phi) is 4.49. The minimum absolute atomic E-state index is 1.23. The lowest BCUT2D eigenvalue weighted by molar-refractivity contribution is 1.57. The van der Waals surface area contributed by atoms with Gasteiger partial charge < -0.3 is 0 Å². The molecular weight excluding hydrogens is 168 g/mol. The number of rotatable bonds is 3. The average molecular weight is 184 g/mol. The van der Waals surface area contributed by atoms with E-state index in [1.54, 1.807) is 0 Å². The molecule has 0 N–H and O–H groups in total. The summed E-state index contributed by atoms with van der Waals surface area (Å²) in [6, 6.07) is 10.3. The van der Waals surface area contributed by atoms with E-state index in [1.165, 1.54) is 11.1 Å². The maximum atomic E-state index is 2.12. The molecule has 1 aromatic carbocycles. The molecule has 0 amide bonds. The molecule has 0 nitrogen and oxygen atoms in total. The predicted molar refractivity (Wildman–Crippen MR) is 64.0 cm³/mol. The van der Waals surface area contributed by atoms with Gasteiger partial charge in [-0.3, -0.25) is 0 Å². The first-order valence-electron chi connectivity index (χ1n) is 4.89. The lowest BCUT2D eigenvalue weighted by atomic mass is 10.1. The zero-order chi connectivity index (χ0) is 10.2. The predicted octanol–water partition coefficient (Wildman–Crippen LogP) is 4.22. The highest BCUT2D eigenvalue weighted by atomic mass is 13.9. The van der Waals surface area contributed by atoms with Crippen LogP contribution in [0.25, 0.3) is 6.08 Å². The zero-order valence-electron chi connectivity index (χ0n) is 8.77. The van der Waals surface area contributed by atoms with Gasteiger partial charge in [-0.2, -0.15) is 0 Å². The molecule has 14 heavy (non-hydrogen) atoms. The molecule has 72 valence electrons. The van der Waals surface area contributed by atoms with Crippen LogP contribution in [0.3, 0.4) is 0 Å². The van der Waals surface area contributed by atoms with Crippen molar-refractivity contribution in [2.24, 2.45) is 0 Å². The zero-order valence-corrected chi connectivity index (χ0v) is 8.77. The van der Waals surface area contributed by atoms with Crippen LogP contribution >= 0.6 is 0 Å². The summed E-state index contributed by atoms with van der Waals surface area (Å²) in [5.41, 5.74) is 2.47. The molecule has 0 heterocycles. The van der Waals surface area contributed by atoms with Crippen LogP contribution in [0.4, 0.5) is 0 Å². The molecule has 0 fully saturated rings. The summed E-state index contributed by atoms with van der Waals surface area (Å²) in [6.45, 7) is 4.07. The van der Waals surface area contributed by atoms with Gasteiger partial charge in [-0.05, 0) is 25.0 Å². The Bertz CT molecular complexity index is 340. The van der Waals surface area contributed by atoms with Gasteiger partial charge >= 0.3 is 0 Å². The molecular formula is C14H16. The van der Waals surface area contributed by atoms with Crippen molar-refractivity contribution >= 4 is 6.08 Å². The van der Waals surface area contributed by atoms with Gasteiger partial charge in [0, 0.05) is 0 Å². The van der Waals surface area contributed by atoms with Crippen LogP contribution in [0, 0.1) is 0 Å². The molecule has 0 aliphatic carbocycles. The Morgan fingerprint density at radius 3 is 2.29 bits per heavy atom. The van der Waals surface area contributed by atoms with Crippen molar-refractivity contribution in [2.75, 3.05) is 0 Å². The van der Waals surface area contributed by atoms with E-state index in [1.807, 2.05) is 38.1 Å². The molecule has 0 atom stereocenters. The van der Waals surface area contributed by atoms with Crippen molar-refractivity contribution in [1.29, 1.82) is 0 Å². The van der Waals surface area contributed by atoms with Gasteiger partial charge in [0.1, 0.15) is 0 Å². The molecule has 0 unspecified atom stereocenters. The smallest absolute Gasteiger partial charge is 0.0256 e. The standard InChI is InChI=1S/C14H16/c1-3-8-13(4-2)11-12-14-9-6-5-7-10-14/h3-12H,1-2H3. The number of benzene rings is 1. The van der Waals surface area contributed by atoms with E-state index in [4.69, 9.17) is 0 Å². The van der Waals surface area contributed by atoms with Gasteiger partial charge in [-0.25, -0.2) is 0 Å². The molecule has 0 spiro atoms. The molecule has 0 aliphatic heterocycles. The summed E-state index contributed by atoms with van der Waals surface area (Å²) < 4.78 is 0. The summed E-state index contributed by atoms with van der Waals surface area (Å²) in [4.78, 5) is 0. The lowest BCUT2D eigenvalue weighted by Gasteiger charge is -1.93. The number of allylic oxidation sites excluding steroid dienone is 5. The first-order valence-corrected chi connectivity index (χ1v) is 4.89. The minimum Gasteiger partial charge on any atom is -0.0871 e. The average Bonchev–Trinajstić information content (AvgIpc) is 2.25. The van der Waals surface area contributed by atoms with E-state index in [0.717, 1.165) is 0 Å². The Labute approximate surface area is 86.3 Å². The van der Waals surface area contributed by atoms with Crippen molar-refractivity contribution in [3.05, 3.63) is 65.8 Å². The Balaban J connectivity index is 2.73. The third-order valence-electron chi connectivity index (χ3n) is 1.96. The second-order valence-electron chi connectivity index (χ2n) is 3.03. The van der Waals surface area contributed by atoms with Crippen molar-refractivity contribution in [3.63, 3.8) is 0 Å². The lowest BCUT2D eigenvalue weighted by Crippen LogP contribution is -1.71. The SMILES string of the molecule is CC=CC(C=Cc1ccccc1)=CC. The maximum Gasteiger partial charge on any atom is -0.0256 e. The molecule has 0 saturated heterocycles. The van der Waals surface area contributed by atoms with Crippen molar-refractivity contribution in [2.45, 2.75) is 13.8 Å². The van der Waals surface area contributed by atoms with Crippen LogP contribution in [0.5, 0.6) is 0 Å². The highest BCUT2D eigenvalue weighted by Crippen LogP contribution is 2.05. The fourth-order valence-corrected chi connectivity index (χ4v) is 1.20. The van der Waals surface area contributed by atoms with Gasteiger partial charge in [-0.1, -0.05) is 60.7 Å². The van der Waals surface area contributed by atoms with E-state index in [9.17, 15) is 0 Å². The third kappa shape index (κ3) is 3.44. The van der Waals surface area contributed by atoms with E-state index in [-0.39, 0.29) is 0 Å². The van der Waals surface area contributed by atoms with Crippen molar-refractivity contribution < 1.29 is 0 Å². The van der Waals surface area contributed by atoms with Crippen molar-refractivity contribution in [1.82, 2.24) is 0 Å². The largest absolute Gasteiger partial charge is 0.0871 e. The molecule has 1 aromatic rings. The summed E-state index contributed by atoms with van der Waals surface area (Å²) in [7, 11) is 0. The summed E-state index contributed by atoms with van der Waals surface area (Å²) >= 11 is 0. The van der Waals surface area contributed by atoms with Crippen LogP contribution in [0.15, 0.2) is 60.2 Å². The van der Waals surface area contributed by atoms with Gasteiger partial charge in [0.15, 0.2) is 0 Å². The number of hydrogen-bond acceptors (Lipinski definition) is 0. The first-order chi connectivity index (χ1) is 6.86. The molecule has 0 heteroatoms. The molecule has 0 radical (unpaired) electrons. The summed E-state index contributed by atoms with van der Waals surface area (Å²) in [5, 5.41) is 0. The van der Waals surface area contributed by atoms with Crippen LogP contribution < -0.4 is 0 Å². The van der Waals surface area contributed by atoms with Gasteiger partial charge in [-0.15, -0.1) is 0 Å². The summed E-state index contributed by atoms with van der Waals surface area (Å²) in [5.74, 6) is 0. The molecule has 1 rings (SSSR count). The molecule has 0 aromatic heterocycles. The highest BCUT2D eigenvalue weighted by Gasteiger charge is 1.84. The Morgan fingerprint density at radius 2 is 1.71 bits per heavy atom. The summed E-state index contributed by atoms with van der Waals surface area (Å²) in [6.07, 6.45) is 10.5. The minimum atomic E-state index is 1.23. The second kappa shape index (κ2) is 5.98. The van der Waals surface area contributed by atoms with E-state index in [2.05, 4.69) is 36.4 Å². The van der Waals surface area contributed by atoms with E-state index < -0.39 is 0 Å². The normalized spacial score (nSPS) is 12.9. The van der Waals surface area contributed by atoms with E-state index >= 15 is 0 Å². The van der Waals surface area contributed by atoms with Gasteiger partial charge in [0.2, 0.25) is 0 Å². The maximum absolute atomic E-state index is 2.12. The first kappa shape index (κ1) is 10.5. The Hall–Kier alpha value is -1.56. The van der Waals surface area contributed by atoms with Gasteiger partial charge in [0.05, 0.1) is 0 Å².